The SMILES string of the molecule is Cc1ccc(P(c2ccccc2)c2ccccc2)[nH]1. The highest BCUT2D eigenvalue weighted by Gasteiger charge is 2.16. The zero-order valence-electron chi connectivity index (χ0n) is 10.9. The number of benzene rings is 2. The van der Waals surface area contributed by atoms with Crippen molar-refractivity contribution >= 4 is 24.0 Å². The third kappa shape index (κ3) is 2.62. The lowest BCUT2D eigenvalue weighted by Crippen LogP contribution is -2.21. The lowest BCUT2D eigenvalue weighted by Gasteiger charge is -2.17. The van der Waals surface area contributed by atoms with Gasteiger partial charge in [0.25, 0.3) is 0 Å². The number of aromatic nitrogens is 1. The highest BCUT2D eigenvalue weighted by Crippen LogP contribution is 2.31. The van der Waals surface area contributed by atoms with Crippen molar-refractivity contribution in [3.8, 4) is 0 Å². The Labute approximate surface area is 115 Å². The lowest BCUT2D eigenvalue weighted by atomic mass is 10.4. The third-order valence-electron chi connectivity index (χ3n) is 3.09. The van der Waals surface area contributed by atoms with E-state index >= 15 is 0 Å². The fourth-order valence-electron chi connectivity index (χ4n) is 2.20. The average Bonchev–Trinajstić information content (AvgIpc) is 2.88. The molecule has 0 amide bonds. The molecule has 1 aromatic heterocycles. The second-order valence-corrected chi connectivity index (χ2v) is 6.72. The molecule has 1 N–H and O–H groups in total. The Morgan fingerprint density at radius 3 is 1.63 bits per heavy atom. The molecule has 0 aliphatic carbocycles. The van der Waals surface area contributed by atoms with E-state index in [1.54, 1.807) is 0 Å². The molecule has 0 bridgehead atoms. The standard InChI is InChI=1S/C17H16NP/c1-14-12-13-17(18-14)19(15-8-4-2-5-9-15)16-10-6-3-7-11-16/h2-13,18H,1H3. The van der Waals surface area contributed by atoms with Crippen LogP contribution in [0.4, 0.5) is 0 Å². The van der Waals surface area contributed by atoms with Crippen LogP contribution in [0.5, 0.6) is 0 Å². The van der Waals surface area contributed by atoms with Crippen molar-refractivity contribution in [3.05, 3.63) is 78.5 Å². The van der Waals surface area contributed by atoms with Gasteiger partial charge in [-0.2, -0.15) is 0 Å². The summed E-state index contributed by atoms with van der Waals surface area (Å²) in [5.41, 5.74) is 2.53. The molecule has 19 heavy (non-hydrogen) atoms. The predicted molar refractivity (Wildman–Crippen MR) is 84.2 cm³/mol. The van der Waals surface area contributed by atoms with Crippen LogP contribution >= 0.6 is 7.92 Å². The van der Waals surface area contributed by atoms with Gasteiger partial charge in [0.05, 0.1) is 0 Å². The first kappa shape index (κ1) is 12.2. The van der Waals surface area contributed by atoms with Crippen molar-refractivity contribution < 1.29 is 0 Å². The zero-order valence-corrected chi connectivity index (χ0v) is 11.8. The molecule has 0 saturated heterocycles. The van der Waals surface area contributed by atoms with E-state index in [1.165, 1.54) is 21.7 Å². The number of hydrogen-bond acceptors (Lipinski definition) is 0. The number of hydrogen-bond donors (Lipinski definition) is 1. The molecule has 0 saturated carbocycles. The van der Waals surface area contributed by atoms with Gasteiger partial charge in [0.2, 0.25) is 0 Å². The van der Waals surface area contributed by atoms with Crippen LogP contribution in [-0.4, -0.2) is 4.98 Å². The molecule has 0 atom stereocenters. The maximum Gasteiger partial charge on any atom is 0.0477 e. The van der Waals surface area contributed by atoms with Gasteiger partial charge in [0.1, 0.15) is 0 Å². The molecule has 3 rings (SSSR count). The van der Waals surface area contributed by atoms with Gasteiger partial charge in [-0.25, -0.2) is 0 Å². The molecule has 0 spiro atoms. The van der Waals surface area contributed by atoms with Gasteiger partial charge in [-0.05, 0) is 29.7 Å². The van der Waals surface area contributed by atoms with E-state index in [9.17, 15) is 0 Å². The van der Waals surface area contributed by atoms with E-state index in [1.807, 2.05) is 0 Å². The zero-order chi connectivity index (χ0) is 13.1. The van der Waals surface area contributed by atoms with Crippen molar-refractivity contribution in [1.82, 2.24) is 4.98 Å². The average molecular weight is 265 g/mol. The Morgan fingerprint density at radius 2 is 1.21 bits per heavy atom. The van der Waals surface area contributed by atoms with Crippen molar-refractivity contribution in [3.63, 3.8) is 0 Å². The van der Waals surface area contributed by atoms with Crippen LogP contribution in [0, 0.1) is 6.92 Å². The summed E-state index contributed by atoms with van der Waals surface area (Å²) in [6.45, 7) is 2.10. The Hall–Kier alpha value is -1.85. The predicted octanol–water partition coefficient (Wildman–Crippen LogP) is 3.08. The van der Waals surface area contributed by atoms with Crippen LogP contribution in [0.3, 0.4) is 0 Å². The molecular formula is C17H16NP. The van der Waals surface area contributed by atoms with Crippen LogP contribution in [-0.2, 0) is 0 Å². The van der Waals surface area contributed by atoms with Crippen molar-refractivity contribution in [2.24, 2.45) is 0 Å². The van der Waals surface area contributed by atoms with Crippen LogP contribution in [0.2, 0.25) is 0 Å². The minimum Gasteiger partial charge on any atom is -0.358 e. The van der Waals surface area contributed by atoms with Crippen LogP contribution in [0.1, 0.15) is 5.69 Å². The van der Waals surface area contributed by atoms with Gasteiger partial charge in [-0.15, -0.1) is 0 Å². The highest BCUT2D eigenvalue weighted by atomic mass is 31.1. The summed E-state index contributed by atoms with van der Waals surface area (Å²) >= 11 is 0. The lowest BCUT2D eigenvalue weighted by molar-refractivity contribution is 1.30. The van der Waals surface area contributed by atoms with Gasteiger partial charge in [0, 0.05) is 19.1 Å². The summed E-state index contributed by atoms with van der Waals surface area (Å²) in [5, 5.41) is 2.76. The third-order valence-corrected chi connectivity index (χ3v) is 5.46. The molecule has 0 aliphatic heterocycles. The molecule has 0 radical (unpaired) electrons. The molecular weight excluding hydrogens is 249 g/mol. The van der Waals surface area contributed by atoms with Crippen molar-refractivity contribution in [2.75, 3.05) is 0 Å². The Bertz CT molecular complexity index is 604. The van der Waals surface area contributed by atoms with Gasteiger partial charge < -0.3 is 4.98 Å². The first-order chi connectivity index (χ1) is 9.34. The van der Waals surface area contributed by atoms with E-state index < -0.39 is 7.92 Å². The van der Waals surface area contributed by atoms with E-state index in [0.29, 0.717) is 0 Å². The first-order valence-corrected chi connectivity index (χ1v) is 7.74. The van der Waals surface area contributed by atoms with Crippen LogP contribution in [0.15, 0.2) is 72.8 Å². The Kier molecular flexibility index (Phi) is 3.48. The molecule has 0 unspecified atom stereocenters. The highest BCUT2D eigenvalue weighted by molar-refractivity contribution is 7.79. The largest absolute Gasteiger partial charge is 0.358 e. The topological polar surface area (TPSA) is 15.8 Å². The van der Waals surface area contributed by atoms with Gasteiger partial charge >= 0.3 is 0 Å². The molecule has 0 fully saturated rings. The molecule has 1 heterocycles. The Balaban J connectivity index is 2.11. The number of nitrogens with one attached hydrogen (secondary N) is 1. The van der Waals surface area contributed by atoms with Gasteiger partial charge in [-0.1, -0.05) is 60.7 Å². The molecule has 2 heteroatoms. The molecule has 3 aromatic rings. The summed E-state index contributed by atoms with van der Waals surface area (Å²) in [4.78, 5) is 3.50. The van der Waals surface area contributed by atoms with Gasteiger partial charge in [0.15, 0.2) is 0 Å². The van der Waals surface area contributed by atoms with Crippen LogP contribution < -0.4 is 16.0 Å². The van der Waals surface area contributed by atoms with E-state index in [-0.39, 0.29) is 0 Å². The summed E-state index contributed by atoms with van der Waals surface area (Å²) in [5.74, 6) is 0. The summed E-state index contributed by atoms with van der Waals surface area (Å²) in [6, 6.07) is 25.8. The quantitative estimate of drug-likeness (QED) is 0.700. The monoisotopic (exact) mass is 265 g/mol. The van der Waals surface area contributed by atoms with Crippen LogP contribution in [0.25, 0.3) is 0 Å². The second kappa shape index (κ2) is 5.42. The number of aromatic amines is 1. The second-order valence-electron chi connectivity index (χ2n) is 4.53. The molecule has 1 nitrogen and oxygen atoms in total. The summed E-state index contributed by atoms with van der Waals surface area (Å²) in [7, 11) is -0.481. The first-order valence-electron chi connectivity index (χ1n) is 6.40. The molecule has 94 valence electrons. The normalized spacial score (nSPS) is 10.8. The fourth-order valence-corrected chi connectivity index (χ4v) is 4.51. The number of H-pyrrole nitrogens is 1. The number of rotatable bonds is 3. The summed E-state index contributed by atoms with van der Waals surface area (Å²) < 4.78 is 0. The maximum atomic E-state index is 3.50. The summed E-state index contributed by atoms with van der Waals surface area (Å²) in [6.07, 6.45) is 0. The maximum absolute atomic E-state index is 3.50. The minimum atomic E-state index is -0.481. The number of aryl methyl sites for hydroxylation is 1. The van der Waals surface area contributed by atoms with Crippen molar-refractivity contribution in [1.29, 1.82) is 0 Å². The van der Waals surface area contributed by atoms with E-state index in [4.69, 9.17) is 0 Å². The fraction of sp³-hybridized carbons (Fsp3) is 0.0588. The minimum absolute atomic E-state index is 0.481. The van der Waals surface area contributed by atoms with Gasteiger partial charge in [-0.3, -0.25) is 0 Å². The molecule has 0 aliphatic rings. The Morgan fingerprint density at radius 1 is 0.684 bits per heavy atom. The smallest absolute Gasteiger partial charge is 0.0477 e. The van der Waals surface area contributed by atoms with E-state index in [2.05, 4.69) is 84.7 Å². The van der Waals surface area contributed by atoms with E-state index in [0.717, 1.165) is 0 Å². The molecule has 2 aromatic carbocycles. The van der Waals surface area contributed by atoms with Crippen molar-refractivity contribution in [2.45, 2.75) is 6.92 Å².